The van der Waals surface area contributed by atoms with Crippen LogP contribution in [-0.4, -0.2) is 38.8 Å². The summed E-state index contributed by atoms with van der Waals surface area (Å²) >= 11 is 1.38. The third-order valence-electron chi connectivity index (χ3n) is 3.15. The molecule has 0 unspecified atom stereocenters. The van der Waals surface area contributed by atoms with Gasteiger partial charge in [0, 0.05) is 12.7 Å². The van der Waals surface area contributed by atoms with E-state index in [0.29, 0.717) is 34.6 Å². The summed E-state index contributed by atoms with van der Waals surface area (Å²) in [5, 5.41) is 16.4. The standard InChI is InChI=1S/C16H21N5O2S/c1-5-17-14(22)10-9-18-15(24-4)21-13(10)20-12-8-6-7-11(19-12)16(2,3)23/h6-9,23H,5H2,1-4H3,(H,17,22)(H,18,19,20,21). The summed E-state index contributed by atoms with van der Waals surface area (Å²) in [5.74, 6) is 0.609. The summed E-state index contributed by atoms with van der Waals surface area (Å²) in [6, 6.07) is 5.27. The molecule has 0 saturated heterocycles. The average Bonchev–Trinajstić information content (AvgIpc) is 2.54. The van der Waals surface area contributed by atoms with Crippen molar-refractivity contribution in [3.63, 3.8) is 0 Å². The lowest BCUT2D eigenvalue weighted by Gasteiger charge is -2.18. The fraction of sp³-hybridized carbons (Fsp3) is 0.375. The number of pyridine rings is 1. The second-order valence-corrected chi connectivity index (χ2v) is 6.34. The summed E-state index contributed by atoms with van der Waals surface area (Å²) in [4.78, 5) is 25.1. The Bertz CT molecular complexity index is 731. The van der Waals surface area contributed by atoms with E-state index in [1.807, 2.05) is 13.2 Å². The number of aromatic nitrogens is 3. The molecule has 128 valence electrons. The molecule has 2 aromatic rings. The van der Waals surface area contributed by atoms with E-state index in [-0.39, 0.29) is 5.91 Å². The zero-order valence-corrected chi connectivity index (χ0v) is 14.9. The first-order chi connectivity index (χ1) is 11.3. The van der Waals surface area contributed by atoms with Gasteiger partial charge in [0.1, 0.15) is 22.8 Å². The van der Waals surface area contributed by atoms with Crippen LogP contribution in [0.3, 0.4) is 0 Å². The van der Waals surface area contributed by atoms with Gasteiger partial charge in [-0.25, -0.2) is 15.0 Å². The number of hydrogen-bond donors (Lipinski definition) is 3. The van der Waals surface area contributed by atoms with E-state index in [2.05, 4.69) is 25.6 Å². The van der Waals surface area contributed by atoms with Crippen LogP contribution in [0.15, 0.2) is 29.6 Å². The molecule has 0 saturated carbocycles. The van der Waals surface area contributed by atoms with Crippen molar-refractivity contribution in [3.8, 4) is 0 Å². The smallest absolute Gasteiger partial charge is 0.256 e. The molecule has 0 fully saturated rings. The molecule has 2 rings (SSSR count). The topological polar surface area (TPSA) is 100 Å². The molecule has 2 heterocycles. The Hall–Kier alpha value is -2.19. The third-order valence-corrected chi connectivity index (χ3v) is 3.72. The van der Waals surface area contributed by atoms with Crippen molar-refractivity contribution < 1.29 is 9.90 Å². The minimum absolute atomic E-state index is 0.258. The highest BCUT2D eigenvalue weighted by Gasteiger charge is 2.19. The zero-order valence-electron chi connectivity index (χ0n) is 14.1. The van der Waals surface area contributed by atoms with Crippen molar-refractivity contribution in [3.05, 3.63) is 35.7 Å². The van der Waals surface area contributed by atoms with Crippen LogP contribution < -0.4 is 10.6 Å². The van der Waals surface area contributed by atoms with Crippen LogP contribution in [0.2, 0.25) is 0 Å². The molecular formula is C16H21N5O2S. The maximum Gasteiger partial charge on any atom is 0.256 e. The highest BCUT2D eigenvalue weighted by molar-refractivity contribution is 7.98. The summed E-state index contributed by atoms with van der Waals surface area (Å²) in [5.41, 5.74) is -0.202. The number of rotatable bonds is 6. The first-order valence-corrected chi connectivity index (χ1v) is 8.73. The molecule has 8 heteroatoms. The minimum atomic E-state index is -1.06. The summed E-state index contributed by atoms with van der Waals surface area (Å²) < 4.78 is 0. The van der Waals surface area contributed by atoms with E-state index in [1.165, 1.54) is 18.0 Å². The maximum absolute atomic E-state index is 12.2. The Labute approximate surface area is 145 Å². The van der Waals surface area contributed by atoms with Crippen molar-refractivity contribution in [1.29, 1.82) is 0 Å². The normalized spacial score (nSPS) is 11.2. The minimum Gasteiger partial charge on any atom is -0.384 e. The first kappa shape index (κ1) is 18.2. The molecule has 0 atom stereocenters. The first-order valence-electron chi connectivity index (χ1n) is 7.51. The molecule has 3 N–H and O–H groups in total. The largest absolute Gasteiger partial charge is 0.384 e. The van der Waals surface area contributed by atoms with Gasteiger partial charge in [-0.15, -0.1) is 0 Å². The molecule has 0 aliphatic heterocycles. The van der Waals surface area contributed by atoms with Crippen molar-refractivity contribution in [1.82, 2.24) is 20.3 Å². The number of nitrogens with one attached hydrogen (secondary N) is 2. The SMILES string of the molecule is CCNC(=O)c1cnc(SC)nc1Nc1cccc(C(C)(C)O)n1. The maximum atomic E-state index is 12.2. The number of amides is 1. The van der Waals surface area contributed by atoms with Gasteiger partial charge in [-0.2, -0.15) is 0 Å². The molecule has 0 aliphatic rings. The van der Waals surface area contributed by atoms with Crippen LogP contribution in [0, 0.1) is 0 Å². The van der Waals surface area contributed by atoms with Crippen molar-refractivity contribution in [2.45, 2.75) is 31.5 Å². The third kappa shape index (κ3) is 4.42. The Morgan fingerprint density at radius 3 is 2.71 bits per heavy atom. The summed E-state index contributed by atoms with van der Waals surface area (Å²) in [6.07, 6.45) is 3.35. The quantitative estimate of drug-likeness (QED) is 0.544. The molecular weight excluding hydrogens is 326 g/mol. The van der Waals surface area contributed by atoms with E-state index in [1.54, 1.807) is 32.0 Å². The lowest BCUT2D eigenvalue weighted by molar-refractivity contribution is 0.0740. The zero-order chi connectivity index (χ0) is 17.7. The lowest BCUT2D eigenvalue weighted by Crippen LogP contribution is -2.24. The fourth-order valence-electron chi connectivity index (χ4n) is 1.95. The number of thioether (sulfide) groups is 1. The number of aliphatic hydroxyl groups is 1. The van der Waals surface area contributed by atoms with E-state index < -0.39 is 5.60 Å². The van der Waals surface area contributed by atoms with Gasteiger partial charge in [-0.1, -0.05) is 17.8 Å². The fourth-order valence-corrected chi connectivity index (χ4v) is 2.29. The van der Waals surface area contributed by atoms with Crippen LogP contribution in [0.5, 0.6) is 0 Å². The second kappa shape index (κ2) is 7.59. The molecule has 0 spiro atoms. The number of carbonyl (C=O) groups excluding carboxylic acids is 1. The second-order valence-electron chi connectivity index (χ2n) is 5.57. The van der Waals surface area contributed by atoms with Gasteiger partial charge < -0.3 is 15.7 Å². The lowest BCUT2D eigenvalue weighted by atomic mass is 10.1. The number of anilines is 2. The van der Waals surface area contributed by atoms with E-state index in [0.717, 1.165) is 0 Å². The Balaban J connectivity index is 2.39. The Morgan fingerprint density at radius 2 is 2.08 bits per heavy atom. The molecule has 0 bridgehead atoms. The van der Waals surface area contributed by atoms with Gasteiger partial charge in [-0.3, -0.25) is 4.79 Å². The van der Waals surface area contributed by atoms with Gasteiger partial charge in [0.15, 0.2) is 5.16 Å². The number of nitrogens with zero attached hydrogens (tertiary/aromatic N) is 3. The van der Waals surface area contributed by atoms with Gasteiger partial charge >= 0.3 is 0 Å². The van der Waals surface area contributed by atoms with Crippen LogP contribution in [0.25, 0.3) is 0 Å². The summed E-state index contributed by atoms with van der Waals surface area (Å²) in [7, 11) is 0. The molecule has 0 aromatic carbocycles. The van der Waals surface area contributed by atoms with Gasteiger partial charge in [0.05, 0.1) is 5.69 Å². The average molecular weight is 347 g/mol. The molecule has 7 nitrogen and oxygen atoms in total. The molecule has 0 radical (unpaired) electrons. The van der Waals surface area contributed by atoms with Gasteiger partial charge in [0.2, 0.25) is 0 Å². The van der Waals surface area contributed by atoms with Crippen LogP contribution in [0.4, 0.5) is 11.6 Å². The van der Waals surface area contributed by atoms with E-state index >= 15 is 0 Å². The molecule has 2 aromatic heterocycles. The van der Waals surface area contributed by atoms with Gasteiger partial charge in [-0.05, 0) is 39.2 Å². The van der Waals surface area contributed by atoms with Gasteiger partial charge in [0.25, 0.3) is 5.91 Å². The van der Waals surface area contributed by atoms with E-state index in [9.17, 15) is 9.90 Å². The highest BCUT2D eigenvalue weighted by atomic mass is 32.2. The predicted octanol–water partition coefficient (Wildman–Crippen LogP) is 2.31. The monoisotopic (exact) mass is 347 g/mol. The van der Waals surface area contributed by atoms with Crippen LogP contribution in [0.1, 0.15) is 36.8 Å². The molecule has 1 amide bonds. The van der Waals surface area contributed by atoms with Crippen molar-refractivity contribution in [2.24, 2.45) is 0 Å². The van der Waals surface area contributed by atoms with Crippen molar-refractivity contribution >= 4 is 29.3 Å². The molecule has 24 heavy (non-hydrogen) atoms. The predicted molar refractivity (Wildman–Crippen MR) is 94.6 cm³/mol. The van der Waals surface area contributed by atoms with Crippen LogP contribution >= 0.6 is 11.8 Å². The Morgan fingerprint density at radius 1 is 1.33 bits per heavy atom. The Kier molecular flexibility index (Phi) is 5.74. The highest BCUT2D eigenvalue weighted by Crippen LogP contribution is 2.23. The summed E-state index contributed by atoms with van der Waals surface area (Å²) in [6.45, 7) is 5.68. The van der Waals surface area contributed by atoms with E-state index in [4.69, 9.17) is 0 Å². The van der Waals surface area contributed by atoms with Crippen LogP contribution in [-0.2, 0) is 5.60 Å². The number of carbonyl (C=O) groups is 1. The van der Waals surface area contributed by atoms with Crippen molar-refractivity contribution in [2.75, 3.05) is 18.1 Å². The molecule has 0 aliphatic carbocycles. The number of hydrogen-bond acceptors (Lipinski definition) is 7.